The van der Waals surface area contributed by atoms with E-state index in [0.717, 1.165) is 43.4 Å². The number of nitrogens with one attached hydrogen (secondary N) is 2. The highest BCUT2D eigenvalue weighted by Crippen LogP contribution is 2.31. The van der Waals surface area contributed by atoms with Crippen molar-refractivity contribution in [1.29, 1.82) is 0 Å². The van der Waals surface area contributed by atoms with E-state index in [9.17, 15) is 15.0 Å². The van der Waals surface area contributed by atoms with Gasteiger partial charge in [0.15, 0.2) is 0 Å². The zero-order valence-corrected chi connectivity index (χ0v) is 24.4. The van der Waals surface area contributed by atoms with Gasteiger partial charge in [-0.2, -0.15) is 0 Å². The molecule has 40 heavy (non-hydrogen) atoms. The molecule has 216 valence electrons. The quantitative estimate of drug-likeness (QED) is 0.221. The van der Waals surface area contributed by atoms with Crippen molar-refractivity contribution >= 4 is 48.1 Å². The van der Waals surface area contributed by atoms with E-state index in [0.29, 0.717) is 36.3 Å². The van der Waals surface area contributed by atoms with Crippen LogP contribution >= 0.6 is 36.4 Å². The third-order valence-corrected chi connectivity index (χ3v) is 7.46. The number of aryl methyl sites for hydroxylation is 1. The number of carboxylic acid groups (broad SMARTS) is 1. The van der Waals surface area contributed by atoms with E-state index in [4.69, 9.17) is 21.1 Å². The minimum Gasteiger partial charge on any atom is -0.478 e. The van der Waals surface area contributed by atoms with Gasteiger partial charge in [-0.05, 0) is 85.2 Å². The molecule has 5 rings (SSSR count). The molecule has 1 saturated heterocycles. The van der Waals surface area contributed by atoms with Gasteiger partial charge in [-0.1, -0.05) is 29.8 Å². The number of carbonyl (C=O) groups is 1. The van der Waals surface area contributed by atoms with E-state index in [1.165, 1.54) is 11.1 Å². The van der Waals surface area contributed by atoms with Gasteiger partial charge in [0.25, 0.3) is 0 Å². The lowest BCUT2D eigenvalue weighted by Crippen LogP contribution is -2.37. The Morgan fingerprint density at radius 3 is 2.52 bits per heavy atom. The Bertz CT molecular complexity index is 1290. The molecule has 10 heteroatoms. The van der Waals surface area contributed by atoms with Crippen LogP contribution in [-0.2, 0) is 17.6 Å². The fourth-order valence-corrected chi connectivity index (χ4v) is 5.36. The Hall–Kier alpha value is -2.52. The molecule has 0 aromatic heterocycles. The minimum atomic E-state index is -0.996. The summed E-state index contributed by atoms with van der Waals surface area (Å²) in [5.41, 5.74) is 4.18. The Labute approximate surface area is 252 Å². The number of aliphatic hydroxyl groups is 1. The van der Waals surface area contributed by atoms with Crippen molar-refractivity contribution in [1.82, 2.24) is 5.32 Å². The number of ether oxygens (including phenoxy) is 2. The molecule has 7 nitrogen and oxygen atoms in total. The van der Waals surface area contributed by atoms with Crippen LogP contribution in [0.15, 0.2) is 60.7 Å². The van der Waals surface area contributed by atoms with Crippen LogP contribution < -0.4 is 15.4 Å². The second-order valence-corrected chi connectivity index (χ2v) is 10.5. The molecule has 0 spiro atoms. The predicted octanol–water partition coefficient (Wildman–Crippen LogP) is 6.45. The number of hydrogen-bond acceptors (Lipinski definition) is 6. The van der Waals surface area contributed by atoms with Crippen LogP contribution in [-0.4, -0.2) is 48.0 Å². The summed E-state index contributed by atoms with van der Waals surface area (Å²) in [4.78, 5) is 11.8. The molecule has 4 N–H and O–H groups in total. The summed E-state index contributed by atoms with van der Waals surface area (Å²) in [6.07, 6.45) is 3.87. The fourth-order valence-electron chi connectivity index (χ4n) is 5.16. The van der Waals surface area contributed by atoms with Crippen LogP contribution in [0.3, 0.4) is 0 Å². The summed E-state index contributed by atoms with van der Waals surface area (Å²) in [5, 5.41) is 27.8. The summed E-state index contributed by atoms with van der Waals surface area (Å²) in [5.74, 6) is 0.155. The summed E-state index contributed by atoms with van der Waals surface area (Å²) in [7, 11) is 0. The van der Waals surface area contributed by atoms with Gasteiger partial charge in [-0.15, -0.1) is 24.8 Å². The summed E-state index contributed by atoms with van der Waals surface area (Å²) in [6, 6.07) is 18.9. The summed E-state index contributed by atoms with van der Waals surface area (Å²) < 4.78 is 11.6. The van der Waals surface area contributed by atoms with E-state index in [1.54, 1.807) is 24.3 Å². The molecular weight excluding hydrogens is 575 g/mol. The average Bonchev–Trinajstić information content (AvgIpc) is 2.92. The van der Waals surface area contributed by atoms with Gasteiger partial charge in [0, 0.05) is 48.6 Å². The normalized spacial score (nSPS) is 17.5. The van der Waals surface area contributed by atoms with Crippen LogP contribution in [0.2, 0.25) is 5.02 Å². The molecule has 0 radical (unpaired) electrons. The number of halogens is 3. The molecule has 1 fully saturated rings. The number of carboxylic acids is 1. The maximum absolute atomic E-state index is 11.8. The lowest BCUT2D eigenvalue weighted by Gasteiger charge is -2.27. The number of benzene rings is 3. The maximum Gasteiger partial charge on any atom is 0.335 e. The molecule has 0 amide bonds. The predicted molar refractivity (Wildman–Crippen MR) is 162 cm³/mol. The van der Waals surface area contributed by atoms with Crippen molar-refractivity contribution in [2.45, 2.75) is 50.3 Å². The van der Waals surface area contributed by atoms with Crippen molar-refractivity contribution in [3.05, 3.63) is 87.9 Å². The van der Waals surface area contributed by atoms with Gasteiger partial charge in [0.05, 0.1) is 11.7 Å². The monoisotopic (exact) mass is 608 g/mol. The minimum absolute atomic E-state index is 0. The largest absolute Gasteiger partial charge is 0.478 e. The van der Waals surface area contributed by atoms with Crippen LogP contribution in [0.4, 0.5) is 5.69 Å². The van der Waals surface area contributed by atoms with E-state index in [-0.39, 0.29) is 42.5 Å². The molecule has 0 unspecified atom stereocenters. The Morgan fingerprint density at radius 1 is 0.975 bits per heavy atom. The van der Waals surface area contributed by atoms with Crippen molar-refractivity contribution in [2.75, 3.05) is 25.1 Å². The Balaban J connectivity index is 0.00000220. The fraction of sp³-hybridized carbons (Fsp3) is 0.367. The lowest BCUT2D eigenvalue weighted by atomic mass is 9.88. The molecule has 1 aliphatic heterocycles. The average molecular weight is 610 g/mol. The van der Waals surface area contributed by atoms with Crippen molar-refractivity contribution in [3.8, 4) is 11.5 Å². The zero-order valence-electron chi connectivity index (χ0n) is 22.0. The molecule has 2 atom stereocenters. The van der Waals surface area contributed by atoms with Crippen molar-refractivity contribution < 1.29 is 24.5 Å². The van der Waals surface area contributed by atoms with Crippen LogP contribution in [0.25, 0.3) is 0 Å². The van der Waals surface area contributed by atoms with Crippen molar-refractivity contribution in [2.24, 2.45) is 0 Å². The van der Waals surface area contributed by atoms with E-state index in [2.05, 4.69) is 16.7 Å². The van der Waals surface area contributed by atoms with Gasteiger partial charge < -0.3 is 30.3 Å². The molecule has 3 aromatic carbocycles. The first kappa shape index (κ1) is 32.0. The van der Waals surface area contributed by atoms with Gasteiger partial charge in [-0.25, -0.2) is 4.79 Å². The summed E-state index contributed by atoms with van der Waals surface area (Å²) >= 11 is 6.06. The third kappa shape index (κ3) is 8.49. The zero-order chi connectivity index (χ0) is 26.5. The Morgan fingerprint density at radius 2 is 1.77 bits per heavy atom. The molecule has 1 aliphatic carbocycles. The number of aromatic carboxylic acids is 1. The van der Waals surface area contributed by atoms with Gasteiger partial charge in [-0.3, -0.25) is 0 Å². The van der Waals surface area contributed by atoms with Gasteiger partial charge in [0.2, 0.25) is 0 Å². The lowest BCUT2D eigenvalue weighted by molar-refractivity contribution is 0.0696. The first-order valence-corrected chi connectivity index (χ1v) is 13.5. The highest BCUT2D eigenvalue weighted by Gasteiger charge is 2.21. The second-order valence-electron chi connectivity index (χ2n) is 10.0. The number of anilines is 1. The van der Waals surface area contributed by atoms with E-state index in [1.807, 2.05) is 30.3 Å². The topological polar surface area (TPSA) is 100 Å². The molecule has 0 bridgehead atoms. The number of rotatable bonds is 9. The molecular formula is C30H35Cl3N2O5. The van der Waals surface area contributed by atoms with E-state index >= 15 is 0 Å². The third-order valence-electron chi connectivity index (χ3n) is 7.22. The standard InChI is InChI=1S/C30H33ClN2O5.2ClH/c31-23-3-1-2-20(12-23)29(34)18-32-25-6-4-19-5-7-27(15-21(19)13-25)38-28-16-22(30(35)36)14-26(17-28)33-24-8-10-37-11-9-24;;/h1-3,5,7,12,14-17,24-25,29,32-34H,4,6,8-11,13,18H2,(H,35,36);2*1H/t25-,29-;;/m0../s1. The van der Waals surface area contributed by atoms with Crippen LogP contribution in [0.1, 0.15) is 52.4 Å². The number of fused-ring (bicyclic) bond motifs is 1. The maximum atomic E-state index is 11.8. The first-order valence-electron chi connectivity index (χ1n) is 13.1. The highest BCUT2D eigenvalue weighted by atomic mass is 35.5. The molecule has 3 aromatic rings. The van der Waals surface area contributed by atoms with Crippen LogP contribution in [0, 0.1) is 0 Å². The van der Waals surface area contributed by atoms with Crippen LogP contribution in [0.5, 0.6) is 11.5 Å². The SMILES string of the molecule is Cl.Cl.O=C(O)c1cc(NC2CCOCC2)cc(Oc2ccc3c(c2)C[C@@H](NC[C@H](O)c2cccc(Cl)c2)CC3)c1. The smallest absolute Gasteiger partial charge is 0.335 e. The molecule has 1 heterocycles. The summed E-state index contributed by atoms with van der Waals surface area (Å²) in [6.45, 7) is 1.84. The molecule has 2 aliphatic rings. The number of hydrogen-bond donors (Lipinski definition) is 4. The first-order chi connectivity index (χ1) is 18.4. The van der Waals surface area contributed by atoms with Crippen molar-refractivity contribution in [3.63, 3.8) is 0 Å². The molecule has 0 saturated carbocycles. The van der Waals surface area contributed by atoms with Gasteiger partial charge >= 0.3 is 5.97 Å². The number of aliphatic hydroxyl groups excluding tert-OH is 1. The Kier molecular flexibility index (Phi) is 11.9. The second kappa shape index (κ2) is 14.9. The van der Waals surface area contributed by atoms with E-state index < -0.39 is 12.1 Å². The highest BCUT2D eigenvalue weighted by molar-refractivity contribution is 6.30. The van der Waals surface area contributed by atoms with Gasteiger partial charge in [0.1, 0.15) is 11.5 Å².